The molecule has 2 aromatic carbocycles. The molecule has 0 spiro atoms. The number of carbonyl (C=O) groups is 2. The smallest absolute Gasteiger partial charge is 0.326 e. The summed E-state index contributed by atoms with van der Waals surface area (Å²) in [6.45, 7) is 0.739. The third-order valence-electron chi connectivity index (χ3n) is 4.03. The Morgan fingerprint density at radius 1 is 0.917 bits per heavy atom. The highest BCUT2D eigenvalue weighted by molar-refractivity contribution is 6.14. The van der Waals surface area contributed by atoms with Crippen LogP contribution in [0.15, 0.2) is 66.5 Å². The summed E-state index contributed by atoms with van der Waals surface area (Å²) in [4.78, 5) is 23.0. The molecule has 1 fully saturated rings. The predicted octanol–water partition coefficient (Wildman–Crippen LogP) is 2.87. The quantitative estimate of drug-likeness (QED) is 0.576. The minimum Gasteiger partial charge on any atom is -0.342 e. The first-order chi connectivity index (χ1) is 11.7. The molecule has 0 bridgehead atoms. The van der Waals surface area contributed by atoms with Gasteiger partial charge in [-0.1, -0.05) is 48.5 Å². The number of rotatable bonds is 3. The summed E-state index contributed by atoms with van der Waals surface area (Å²) >= 11 is 0. The van der Waals surface area contributed by atoms with E-state index in [4.69, 9.17) is 0 Å². The number of hydrogen-bond acceptors (Lipinski definition) is 2. The van der Waals surface area contributed by atoms with Gasteiger partial charge in [-0.05, 0) is 17.7 Å². The molecule has 24 heavy (non-hydrogen) atoms. The van der Waals surface area contributed by atoms with Crippen molar-refractivity contribution in [2.24, 2.45) is 0 Å². The number of aromatic nitrogens is 1. The lowest BCUT2D eigenvalue weighted by Gasteiger charge is -2.05. The van der Waals surface area contributed by atoms with Gasteiger partial charge in [0.2, 0.25) is 0 Å². The van der Waals surface area contributed by atoms with E-state index in [2.05, 4.69) is 27.3 Å². The lowest BCUT2D eigenvalue weighted by atomic mass is 10.1. The normalized spacial score (nSPS) is 15.8. The van der Waals surface area contributed by atoms with Gasteiger partial charge in [-0.25, -0.2) is 4.79 Å². The number of amides is 3. The first kappa shape index (κ1) is 14.3. The van der Waals surface area contributed by atoms with Crippen LogP contribution >= 0.6 is 0 Å². The van der Waals surface area contributed by atoms with Crippen LogP contribution in [0.3, 0.4) is 0 Å². The van der Waals surface area contributed by atoms with Crippen molar-refractivity contribution in [2.45, 2.75) is 6.54 Å². The summed E-state index contributed by atoms with van der Waals surface area (Å²) in [5, 5.41) is 5.78. The molecule has 0 unspecified atom stereocenters. The number of imide groups is 1. The van der Waals surface area contributed by atoms with E-state index < -0.39 is 11.9 Å². The zero-order chi connectivity index (χ0) is 16.5. The van der Waals surface area contributed by atoms with Gasteiger partial charge in [0, 0.05) is 29.2 Å². The number of hydrogen-bond donors (Lipinski definition) is 2. The molecule has 5 nitrogen and oxygen atoms in total. The summed E-state index contributed by atoms with van der Waals surface area (Å²) in [5.41, 5.74) is 3.44. The standard InChI is InChI=1S/C19H15N3O2/c23-18-16(20-19(24)21-18)10-14-12-22(11-13-6-2-1-3-7-13)17-9-5-4-8-15(14)17/h1-10,12H,11H2,(H2,20,21,23,24)/b16-10+. The van der Waals surface area contributed by atoms with Gasteiger partial charge >= 0.3 is 6.03 Å². The number of urea groups is 1. The van der Waals surface area contributed by atoms with Gasteiger partial charge < -0.3 is 9.88 Å². The third kappa shape index (κ3) is 2.56. The molecule has 0 aliphatic carbocycles. The molecule has 1 aliphatic heterocycles. The Kier molecular flexibility index (Phi) is 3.39. The highest BCUT2D eigenvalue weighted by Gasteiger charge is 2.23. The van der Waals surface area contributed by atoms with Crippen LogP contribution in [0.2, 0.25) is 0 Å². The molecule has 3 amide bonds. The van der Waals surface area contributed by atoms with E-state index in [9.17, 15) is 9.59 Å². The average molecular weight is 317 g/mol. The van der Waals surface area contributed by atoms with E-state index in [0.717, 1.165) is 23.0 Å². The molecule has 0 radical (unpaired) electrons. The van der Waals surface area contributed by atoms with Crippen molar-refractivity contribution in [1.82, 2.24) is 15.2 Å². The number of para-hydroxylation sites is 1. The summed E-state index contributed by atoms with van der Waals surface area (Å²) < 4.78 is 2.14. The monoisotopic (exact) mass is 317 g/mol. The molecule has 2 heterocycles. The van der Waals surface area contributed by atoms with Crippen LogP contribution in [0, 0.1) is 0 Å². The Balaban J connectivity index is 1.78. The molecular formula is C19H15N3O2. The van der Waals surface area contributed by atoms with Crippen molar-refractivity contribution in [2.75, 3.05) is 0 Å². The maximum atomic E-state index is 11.8. The second-order valence-electron chi connectivity index (χ2n) is 5.68. The van der Waals surface area contributed by atoms with Crippen molar-refractivity contribution in [3.8, 4) is 0 Å². The van der Waals surface area contributed by atoms with Crippen LogP contribution in [0.25, 0.3) is 17.0 Å². The largest absolute Gasteiger partial charge is 0.342 e. The Labute approximate surface area is 138 Å². The van der Waals surface area contributed by atoms with E-state index in [0.29, 0.717) is 0 Å². The fraction of sp³-hybridized carbons (Fsp3) is 0.0526. The topological polar surface area (TPSA) is 63.1 Å². The molecule has 0 saturated carbocycles. The molecule has 1 saturated heterocycles. The number of benzene rings is 2. The average Bonchev–Trinajstić information content (AvgIpc) is 3.09. The zero-order valence-electron chi connectivity index (χ0n) is 12.8. The van der Waals surface area contributed by atoms with Crippen LogP contribution in [0.1, 0.15) is 11.1 Å². The van der Waals surface area contributed by atoms with Gasteiger partial charge in [-0.3, -0.25) is 10.1 Å². The zero-order valence-corrected chi connectivity index (χ0v) is 12.8. The van der Waals surface area contributed by atoms with E-state index in [1.165, 1.54) is 5.56 Å². The van der Waals surface area contributed by atoms with E-state index in [1.54, 1.807) is 6.08 Å². The molecule has 5 heteroatoms. The SMILES string of the molecule is O=C1NC(=O)/C(=C\c2cn(Cc3ccccc3)c3ccccc23)N1. The van der Waals surface area contributed by atoms with Crippen LogP contribution in [-0.4, -0.2) is 16.5 Å². The fourth-order valence-corrected chi connectivity index (χ4v) is 2.94. The summed E-state index contributed by atoms with van der Waals surface area (Å²) in [7, 11) is 0. The second kappa shape index (κ2) is 5.70. The lowest BCUT2D eigenvalue weighted by molar-refractivity contribution is -0.115. The highest BCUT2D eigenvalue weighted by atomic mass is 16.2. The van der Waals surface area contributed by atoms with Crippen LogP contribution < -0.4 is 10.6 Å². The van der Waals surface area contributed by atoms with Crippen LogP contribution in [0.4, 0.5) is 4.79 Å². The highest BCUT2D eigenvalue weighted by Crippen LogP contribution is 2.24. The first-order valence-electron chi connectivity index (χ1n) is 7.66. The first-order valence-corrected chi connectivity index (χ1v) is 7.66. The maximum absolute atomic E-state index is 11.8. The van der Waals surface area contributed by atoms with Gasteiger partial charge in [0.15, 0.2) is 0 Å². The summed E-state index contributed by atoms with van der Waals surface area (Å²) in [6, 6.07) is 17.7. The van der Waals surface area contributed by atoms with Crippen LogP contribution in [-0.2, 0) is 11.3 Å². The molecule has 4 rings (SSSR count). The Hall–Kier alpha value is -3.34. The number of fused-ring (bicyclic) bond motifs is 1. The molecule has 118 valence electrons. The predicted molar refractivity (Wildman–Crippen MR) is 92.1 cm³/mol. The van der Waals surface area contributed by atoms with Crippen LogP contribution in [0.5, 0.6) is 0 Å². The van der Waals surface area contributed by atoms with Crippen molar-refractivity contribution < 1.29 is 9.59 Å². The summed E-state index contributed by atoms with van der Waals surface area (Å²) in [6.07, 6.45) is 3.71. The van der Waals surface area contributed by atoms with Crippen molar-refractivity contribution in [3.05, 3.63) is 77.6 Å². The van der Waals surface area contributed by atoms with Gasteiger partial charge in [0.25, 0.3) is 5.91 Å². The molecule has 3 aromatic rings. The fourth-order valence-electron chi connectivity index (χ4n) is 2.94. The Bertz CT molecular complexity index is 971. The van der Waals surface area contributed by atoms with E-state index >= 15 is 0 Å². The van der Waals surface area contributed by atoms with Gasteiger partial charge in [-0.2, -0.15) is 0 Å². The number of carbonyl (C=O) groups excluding carboxylic acids is 2. The molecule has 0 atom stereocenters. The molecule has 2 N–H and O–H groups in total. The van der Waals surface area contributed by atoms with Crippen molar-refractivity contribution >= 4 is 28.9 Å². The minimum atomic E-state index is -0.487. The van der Waals surface area contributed by atoms with Gasteiger partial charge in [0.1, 0.15) is 5.70 Å². The lowest BCUT2D eigenvalue weighted by Crippen LogP contribution is -2.22. The number of nitrogens with one attached hydrogen (secondary N) is 2. The molecule has 1 aromatic heterocycles. The molecule has 1 aliphatic rings. The minimum absolute atomic E-state index is 0.266. The molecular weight excluding hydrogens is 302 g/mol. The van der Waals surface area contributed by atoms with E-state index in [-0.39, 0.29) is 5.70 Å². The number of nitrogens with zero attached hydrogens (tertiary/aromatic N) is 1. The third-order valence-corrected chi connectivity index (χ3v) is 4.03. The summed E-state index contributed by atoms with van der Waals surface area (Å²) in [5.74, 6) is -0.403. The van der Waals surface area contributed by atoms with Gasteiger partial charge in [-0.15, -0.1) is 0 Å². The Morgan fingerprint density at radius 2 is 1.67 bits per heavy atom. The van der Waals surface area contributed by atoms with Crippen molar-refractivity contribution in [3.63, 3.8) is 0 Å². The van der Waals surface area contributed by atoms with E-state index in [1.807, 2.05) is 48.7 Å². The Morgan fingerprint density at radius 3 is 2.42 bits per heavy atom. The maximum Gasteiger partial charge on any atom is 0.326 e. The van der Waals surface area contributed by atoms with Crippen molar-refractivity contribution in [1.29, 1.82) is 0 Å². The van der Waals surface area contributed by atoms with Gasteiger partial charge in [0.05, 0.1) is 0 Å². The second-order valence-corrected chi connectivity index (χ2v) is 5.68.